The lowest BCUT2D eigenvalue weighted by Crippen LogP contribution is -2.40. The van der Waals surface area contributed by atoms with E-state index in [4.69, 9.17) is 9.47 Å². The van der Waals surface area contributed by atoms with Gasteiger partial charge in [-0.15, -0.1) is 11.3 Å². The van der Waals surface area contributed by atoms with E-state index >= 15 is 0 Å². The number of benzene rings is 2. The summed E-state index contributed by atoms with van der Waals surface area (Å²) in [4.78, 5) is 13.9. The molecule has 2 atom stereocenters. The lowest BCUT2D eigenvalue weighted by atomic mass is 10.0. The van der Waals surface area contributed by atoms with Crippen LogP contribution in [0.3, 0.4) is 0 Å². The van der Waals surface area contributed by atoms with Crippen LogP contribution >= 0.6 is 11.3 Å². The topological polar surface area (TPSA) is 59.6 Å². The zero-order valence-electron chi connectivity index (χ0n) is 15.8. The van der Waals surface area contributed by atoms with Crippen molar-refractivity contribution in [1.29, 1.82) is 0 Å². The Morgan fingerprint density at radius 2 is 1.86 bits per heavy atom. The highest BCUT2D eigenvalue weighted by Gasteiger charge is 2.22. The maximum Gasteiger partial charge on any atom is 0.241 e. The van der Waals surface area contributed by atoms with Gasteiger partial charge in [-0.3, -0.25) is 10.1 Å². The Bertz CT molecular complexity index is 954. The lowest BCUT2D eigenvalue weighted by molar-refractivity contribution is -0.117. The number of ether oxygens (including phenoxy) is 2. The minimum atomic E-state index is -0.390. The van der Waals surface area contributed by atoms with Gasteiger partial charge in [-0.1, -0.05) is 35.9 Å². The Kier molecular flexibility index (Phi) is 5.32. The molecule has 0 saturated heterocycles. The molecule has 5 nitrogen and oxygen atoms in total. The molecule has 4 rings (SSSR count). The zero-order chi connectivity index (χ0) is 19.5. The summed E-state index contributed by atoms with van der Waals surface area (Å²) >= 11 is 1.68. The van der Waals surface area contributed by atoms with Crippen LogP contribution < -0.4 is 20.1 Å². The minimum absolute atomic E-state index is 0.0434. The average Bonchev–Trinajstić information content (AvgIpc) is 3.38. The second-order valence-corrected chi connectivity index (χ2v) is 7.78. The van der Waals surface area contributed by atoms with Gasteiger partial charge in [0.2, 0.25) is 12.7 Å². The van der Waals surface area contributed by atoms with Crippen molar-refractivity contribution < 1.29 is 14.3 Å². The number of rotatable bonds is 6. The third kappa shape index (κ3) is 4.03. The van der Waals surface area contributed by atoms with Crippen molar-refractivity contribution in [3.63, 3.8) is 0 Å². The molecule has 0 aliphatic carbocycles. The van der Waals surface area contributed by atoms with Gasteiger partial charge in [0.1, 0.15) is 0 Å². The van der Waals surface area contributed by atoms with Crippen LogP contribution in [0.5, 0.6) is 11.5 Å². The van der Waals surface area contributed by atoms with Crippen molar-refractivity contribution in [3.05, 3.63) is 76.0 Å². The molecule has 3 aromatic rings. The van der Waals surface area contributed by atoms with E-state index in [1.165, 1.54) is 10.4 Å². The van der Waals surface area contributed by atoms with Gasteiger partial charge in [0.15, 0.2) is 11.5 Å². The first-order valence-corrected chi connectivity index (χ1v) is 10.0. The number of nitrogens with one attached hydrogen (secondary N) is 2. The Morgan fingerprint density at radius 1 is 1.07 bits per heavy atom. The quantitative estimate of drug-likeness (QED) is 0.647. The molecular formula is C22H22N2O3S. The summed E-state index contributed by atoms with van der Waals surface area (Å²) in [5.74, 6) is 1.24. The highest BCUT2D eigenvalue weighted by Crippen LogP contribution is 2.34. The molecule has 0 unspecified atom stereocenters. The minimum Gasteiger partial charge on any atom is -0.454 e. The molecule has 0 bridgehead atoms. The monoisotopic (exact) mass is 394 g/mol. The van der Waals surface area contributed by atoms with Crippen molar-refractivity contribution in [2.45, 2.75) is 25.9 Å². The second kappa shape index (κ2) is 8.04. The summed E-state index contributed by atoms with van der Waals surface area (Å²) in [5.41, 5.74) is 3.03. The van der Waals surface area contributed by atoms with E-state index in [1.807, 2.05) is 19.1 Å². The van der Waals surface area contributed by atoms with Crippen LogP contribution in [0.2, 0.25) is 0 Å². The van der Waals surface area contributed by atoms with Gasteiger partial charge < -0.3 is 14.8 Å². The average molecular weight is 394 g/mol. The summed E-state index contributed by atoms with van der Waals surface area (Å²) in [6.07, 6.45) is 0. The molecule has 2 aromatic carbocycles. The predicted molar refractivity (Wildman–Crippen MR) is 111 cm³/mol. The van der Waals surface area contributed by atoms with Gasteiger partial charge in [0, 0.05) is 16.6 Å². The van der Waals surface area contributed by atoms with Crippen LogP contribution in [-0.2, 0) is 4.79 Å². The van der Waals surface area contributed by atoms with E-state index in [0.29, 0.717) is 17.2 Å². The SMILES string of the molecule is Cc1ccc([C@H](N[C@@H](C)C(=O)Nc2ccc3c(c2)OCO3)c2cccs2)cc1. The Hall–Kier alpha value is -2.83. The van der Waals surface area contributed by atoms with E-state index in [-0.39, 0.29) is 24.8 Å². The van der Waals surface area contributed by atoms with Crippen LogP contribution in [0.4, 0.5) is 5.69 Å². The summed E-state index contributed by atoms with van der Waals surface area (Å²) < 4.78 is 10.7. The van der Waals surface area contributed by atoms with Crippen LogP contribution in [0.15, 0.2) is 60.0 Å². The number of hydrogen-bond acceptors (Lipinski definition) is 5. The van der Waals surface area contributed by atoms with Gasteiger partial charge in [-0.05, 0) is 43.0 Å². The molecule has 1 aliphatic rings. The van der Waals surface area contributed by atoms with E-state index in [2.05, 4.69) is 53.3 Å². The van der Waals surface area contributed by atoms with Crippen molar-refractivity contribution >= 4 is 22.9 Å². The molecule has 6 heteroatoms. The first kappa shape index (κ1) is 18.5. The fourth-order valence-electron chi connectivity index (χ4n) is 3.11. The van der Waals surface area contributed by atoms with Crippen LogP contribution in [0.25, 0.3) is 0 Å². The van der Waals surface area contributed by atoms with E-state index in [9.17, 15) is 4.79 Å². The largest absolute Gasteiger partial charge is 0.454 e. The van der Waals surface area contributed by atoms with Crippen LogP contribution in [0, 0.1) is 6.92 Å². The molecular weight excluding hydrogens is 372 g/mol. The summed E-state index contributed by atoms with van der Waals surface area (Å²) in [6.45, 7) is 4.15. The third-order valence-corrected chi connectivity index (χ3v) is 5.63. The smallest absolute Gasteiger partial charge is 0.241 e. The van der Waals surface area contributed by atoms with Gasteiger partial charge >= 0.3 is 0 Å². The molecule has 2 N–H and O–H groups in total. The van der Waals surface area contributed by atoms with Crippen LogP contribution in [0.1, 0.15) is 29.0 Å². The molecule has 0 fully saturated rings. The molecule has 1 amide bonds. The highest BCUT2D eigenvalue weighted by atomic mass is 32.1. The number of thiophene rings is 1. The zero-order valence-corrected chi connectivity index (χ0v) is 16.6. The fourth-order valence-corrected chi connectivity index (χ4v) is 3.92. The number of carbonyl (C=O) groups is 1. The van der Waals surface area contributed by atoms with E-state index in [0.717, 1.165) is 5.56 Å². The van der Waals surface area contributed by atoms with Gasteiger partial charge in [0.05, 0.1) is 12.1 Å². The molecule has 0 radical (unpaired) electrons. The number of carbonyl (C=O) groups excluding carboxylic acids is 1. The Morgan fingerprint density at radius 3 is 2.61 bits per heavy atom. The molecule has 0 spiro atoms. The maximum atomic E-state index is 12.8. The van der Waals surface area contributed by atoms with Crippen molar-refractivity contribution in [2.75, 3.05) is 12.1 Å². The second-order valence-electron chi connectivity index (χ2n) is 6.80. The normalized spacial score (nSPS) is 14.5. The number of fused-ring (bicyclic) bond motifs is 1. The first-order valence-electron chi connectivity index (χ1n) is 9.17. The molecule has 1 aromatic heterocycles. The highest BCUT2D eigenvalue weighted by molar-refractivity contribution is 7.10. The fraction of sp³-hybridized carbons (Fsp3) is 0.227. The number of aryl methyl sites for hydroxylation is 1. The van der Waals surface area contributed by atoms with Gasteiger partial charge in [0.25, 0.3) is 0 Å². The van der Waals surface area contributed by atoms with Crippen molar-refractivity contribution in [1.82, 2.24) is 5.32 Å². The summed E-state index contributed by atoms with van der Waals surface area (Å²) in [7, 11) is 0. The summed E-state index contributed by atoms with van der Waals surface area (Å²) in [5, 5.41) is 8.47. The van der Waals surface area contributed by atoms with E-state index in [1.54, 1.807) is 23.5 Å². The number of hydrogen-bond donors (Lipinski definition) is 2. The predicted octanol–water partition coefficient (Wildman–Crippen LogP) is 4.49. The van der Waals surface area contributed by atoms with E-state index < -0.39 is 0 Å². The van der Waals surface area contributed by atoms with Crippen LogP contribution in [-0.4, -0.2) is 18.7 Å². The summed E-state index contributed by atoms with van der Waals surface area (Å²) in [6, 6.07) is 17.5. The Balaban J connectivity index is 1.48. The van der Waals surface area contributed by atoms with Gasteiger partial charge in [-0.2, -0.15) is 0 Å². The third-order valence-electron chi connectivity index (χ3n) is 4.69. The molecule has 28 heavy (non-hydrogen) atoms. The molecule has 0 saturated carbocycles. The Labute approximate surface area is 168 Å². The number of anilines is 1. The lowest BCUT2D eigenvalue weighted by Gasteiger charge is -2.23. The molecule has 144 valence electrons. The standard InChI is InChI=1S/C22H22N2O3S/c1-14-5-7-16(8-6-14)21(20-4-3-11-28-20)23-15(2)22(25)24-17-9-10-18-19(12-17)27-13-26-18/h3-12,15,21,23H,13H2,1-2H3,(H,24,25)/t15-,21-/m0/s1. The maximum absolute atomic E-state index is 12.8. The first-order chi connectivity index (χ1) is 13.6. The molecule has 1 aliphatic heterocycles. The molecule has 2 heterocycles. The van der Waals surface area contributed by atoms with Crippen molar-refractivity contribution in [2.24, 2.45) is 0 Å². The number of amides is 1. The van der Waals surface area contributed by atoms with Gasteiger partial charge in [-0.25, -0.2) is 0 Å². The van der Waals surface area contributed by atoms with Crippen molar-refractivity contribution in [3.8, 4) is 11.5 Å².